The third kappa shape index (κ3) is 3.18. The van der Waals surface area contributed by atoms with Crippen LogP contribution in [0.15, 0.2) is 48.5 Å². The van der Waals surface area contributed by atoms with E-state index in [9.17, 15) is 9.59 Å². The average molecular weight is 398 g/mol. The fraction of sp³-hybridized carbons (Fsp3) is 0.158. The molecule has 0 fully saturated rings. The molecule has 9 heteroatoms. The van der Waals surface area contributed by atoms with Crippen molar-refractivity contribution in [1.29, 1.82) is 0 Å². The second kappa shape index (κ2) is 6.97. The Labute approximate surface area is 165 Å². The molecule has 2 amide bonds. The van der Waals surface area contributed by atoms with Crippen LogP contribution in [-0.2, 0) is 4.79 Å². The van der Waals surface area contributed by atoms with Crippen LogP contribution in [0.4, 0.5) is 5.69 Å². The minimum atomic E-state index is -0.942. The standard InChI is InChI=1S/C19H16ClN5O3/c1-11-17(23-25(22-11)13-6-4-5-12(20)9-13)19(27)24-10-16(18(21)26)28-15-8-3-2-7-14(15)24/h2-9,16H,10H2,1H3,(H2,21,26). The van der Waals surface area contributed by atoms with E-state index in [1.807, 2.05) is 0 Å². The number of rotatable bonds is 3. The van der Waals surface area contributed by atoms with Gasteiger partial charge in [0.1, 0.15) is 5.75 Å². The molecule has 0 aliphatic carbocycles. The number of ether oxygens (including phenoxy) is 1. The minimum absolute atomic E-state index is 0.00531. The molecular weight excluding hydrogens is 382 g/mol. The molecule has 1 atom stereocenters. The van der Waals surface area contributed by atoms with Crippen molar-refractivity contribution in [2.75, 3.05) is 11.4 Å². The maximum absolute atomic E-state index is 13.2. The van der Waals surface area contributed by atoms with Crippen LogP contribution < -0.4 is 15.4 Å². The van der Waals surface area contributed by atoms with Gasteiger partial charge in [-0.25, -0.2) is 0 Å². The summed E-state index contributed by atoms with van der Waals surface area (Å²) in [6, 6.07) is 13.9. The van der Waals surface area contributed by atoms with E-state index in [1.165, 1.54) is 9.70 Å². The lowest BCUT2D eigenvalue weighted by Gasteiger charge is -2.33. The van der Waals surface area contributed by atoms with Gasteiger partial charge < -0.3 is 10.5 Å². The number of primary amides is 1. The number of fused-ring (bicyclic) bond motifs is 1. The Morgan fingerprint density at radius 2 is 1.96 bits per heavy atom. The highest BCUT2D eigenvalue weighted by atomic mass is 35.5. The second-order valence-corrected chi connectivity index (χ2v) is 6.73. The highest BCUT2D eigenvalue weighted by molar-refractivity contribution is 6.30. The number of amides is 2. The molecule has 1 unspecified atom stereocenters. The first kappa shape index (κ1) is 18.0. The maximum Gasteiger partial charge on any atom is 0.281 e. The number of carbonyl (C=O) groups excluding carboxylic acids is 2. The van der Waals surface area contributed by atoms with Gasteiger partial charge in [0.15, 0.2) is 11.8 Å². The molecule has 28 heavy (non-hydrogen) atoms. The van der Waals surface area contributed by atoms with Gasteiger partial charge in [0.25, 0.3) is 11.8 Å². The van der Waals surface area contributed by atoms with E-state index in [4.69, 9.17) is 22.1 Å². The quantitative estimate of drug-likeness (QED) is 0.729. The summed E-state index contributed by atoms with van der Waals surface area (Å²) < 4.78 is 5.60. The molecule has 3 aromatic rings. The van der Waals surface area contributed by atoms with E-state index >= 15 is 0 Å². The normalized spacial score (nSPS) is 15.6. The van der Waals surface area contributed by atoms with Crippen LogP contribution in [0.1, 0.15) is 16.2 Å². The molecule has 2 N–H and O–H groups in total. The molecule has 0 radical (unpaired) electrons. The van der Waals surface area contributed by atoms with Gasteiger partial charge in [-0.1, -0.05) is 29.8 Å². The minimum Gasteiger partial charge on any atom is -0.477 e. The Hall–Kier alpha value is -3.39. The van der Waals surface area contributed by atoms with Gasteiger partial charge in [-0.15, -0.1) is 5.10 Å². The van der Waals surface area contributed by atoms with Crippen molar-refractivity contribution < 1.29 is 14.3 Å². The molecule has 1 aliphatic rings. The molecule has 0 spiro atoms. The van der Waals surface area contributed by atoms with Gasteiger partial charge in [0, 0.05) is 5.02 Å². The lowest BCUT2D eigenvalue weighted by Crippen LogP contribution is -2.49. The smallest absolute Gasteiger partial charge is 0.281 e. The van der Waals surface area contributed by atoms with Crippen molar-refractivity contribution in [3.8, 4) is 11.4 Å². The summed E-state index contributed by atoms with van der Waals surface area (Å²) in [5, 5.41) is 9.20. The number of nitrogens with zero attached hydrogens (tertiary/aromatic N) is 4. The lowest BCUT2D eigenvalue weighted by atomic mass is 10.1. The summed E-state index contributed by atoms with van der Waals surface area (Å²) in [6.45, 7) is 1.69. The number of aromatic nitrogens is 3. The monoisotopic (exact) mass is 397 g/mol. The molecule has 0 saturated carbocycles. The van der Waals surface area contributed by atoms with Crippen LogP contribution in [0, 0.1) is 6.92 Å². The summed E-state index contributed by atoms with van der Waals surface area (Å²) in [4.78, 5) is 27.7. The molecule has 8 nitrogen and oxygen atoms in total. The van der Waals surface area contributed by atoms with Crippen molar-refractivity contribution in [2.24, 2.45) is 5.73 Å². The zero-order valence-electron chi connectivity index (χ0n) is 14.9. The van der Waals surface area contributed by atoms with Gasteiger partial charge in [-0.3, -0.25) is 14.5 Å². The Kier molecular flexibility index (Phi) is 4.48. The number of halogens is 1. The van der Waals surface area contributed by atoms with Gasteiger partial charge in [0.05, 0.1) is 23.6 Å². The van der Waals surface area contributed by atoms with E-state index in [0.717, 1.165) is 0 Å². The van der Waals surface area contributed by atoms with Crippen LogP contribution in [0.3, 0.4) is 0 Å². The number of carbonyl (C=O) groups is 2. The summed E-state index contributed by atoms with van der Waals surface area (Å²) in [7, 11) is 0. The largest absolute Gasteiger partial charge is 0.477 e. The van der Waals surface area contributed by atoms with Crippen molar-refractivity contribution in [3.05, 3.63) is 64.9 Å². The number of anilines is 1. The topological polar surface area (TPSA) is 103 Å². The van der Waals surface area contributed by atoms with E-state index < -0.39 is 17.9 Å². The summed E-state index contributed by atoms with van der Waals surface area (Å²) in [5.74, 6) is -0.634. The number of hydrogen-bond acceptors (Lipinski definition) is 5. The Balaban J connectivity index is 1.72. The van der Waals surface area contributed by atoms with Crippen LogP contribution in [0.5, 0.6) is 5.75 Å². The molecule has 2 heterocycles. The van der Waals surface area contributed by atoms with Crippen molar-refractivity contribution >= 4 is 29.1 Å². The number of hydrogen-bond donors (Lipinski definition) is 1. The van der Waals surface area contributed by atoms with Crippen LogP contribution in [0.2, 0.25) is 5.02 Å². The predicted molar refractivity (Wildman–Crippen MR) is 103 cm³/mol. The fourth-order valence-electron chi connectivity index (χ4n) is 3.00. The summed E-state index contributed by atoms with van der Waals surface area (Å²) in [5.41, 5.74) is 7.19. The van der Waals surface area contributed by atoms with Gasteiger partial charge >= 0.3 is 0 Å². The molecule has 4 rings (SSSR count). The van der Waals surface area contributed by atoms with Gasteiger partial charge in [-0.05, 0) is 37.3 Å². The molecule has 0 bridgehead atoms. The van der Waals surface area contributed by atoms with Crippen LogP contribution >= 0.6 is 11.6 Å². The summed E-state index contributed by atoms with van der Waals surface area (Å²) in [6.07, 6.45) is -0.942. The third-order valence-corrected chi connectivity index (χ3v) is 4.60. The number of aryl methyl sites for hydroxylation is 1. The Bertz CT molecular complexity index is 1080. The van der Waals surface area contributed by atoms with Crippen molar-refractivity contribution in [2.45, 2.75) is 13.0 Å². The molecular formula is C19H16ClN5O3. The van der Waals surface area contributed by atoms with Crippen LogP contribution in [-0.4, -0.2) is 39.5 Å². The van der Waals surface area contributed by atoms with Gasteiger partial charge in [-0.2, -0.15) is 9.90 Å². The molecule has 1 aliphatic heterocycles. The number of nitrogens with two attached hydrogens (primary N) is 1. The fourth-order valence-corrected chi connectivity index (χ4v) is 3.18. The first-order valence-corrected chi connectivity index (χ1v) is 8.88. The Morgan fingerprint density at radius 1 is 1.18 bits per heavy atom. The first-order chi connectivity index (χ1) is 13.4. The molecule has 0 saturated heterocycles. The summed E-state index contributed by atoms with van der Waals surface area (Å²) >= 11 is 6.03. The van der Waals surface area contributed by atoms with Crippen LogP contribution in [0.25, 0.3) is 5.69 Å². The first-order valence-electron chi connectivity index (χ1n) is 8.51. The van der Waals surface area contributed by atoms with E-state index in [2.05, 4.69) is 10.2 Å². The lowest BCUT2D eigenvalue weighted by molar-refractivity contribution is -0.124. The molecule has 1 aromatic heterocycles. The van der Waals surface area contributed by atoms with E-state index in [0.29, 0.717) is 27.8 Å². The number of benzene rings is 2. The Morgan fingerprint density at radius 3 is 2.71 bits per heavy atom. The highest BCUT2D eigenvalue weighted by Crippen LogP contribution is 2.34. The molecule has 142 valence electrons. The maximum atomic E-state index is 13.2. The van der Waals surface area contributed by atoms with Gasteiger partial charge in [0.2, 0.25) is 0 Å². The molecule has 2 aromatic carbocycles. The predicted octanol–water partition coefficient (Wildman–Crippen LogP) is 2.12. The number of para-hydroxylation sites is 2. The second-order valence-electron chi connectivity index (χ2n) is 6.30. The average Bonchev–Trinajstić information content (AvgIpc) is 3.08. The zero-order chi connectivity index (χ0) is 19.8. The zero-order valence-corrected chi connectivity index (χ0v) is 15.6. The highest BCUT2D eigenvalue weighted by Gasteiger charge is 2.34. The SMILES string of the molecule is Cc1nn(-c2cccc(Cl)c2)nc1C(=O)N1CC(C(N)=O)Oc2ccccc21. The van der Waals surface area contributed by atoms with Crippen molar-refractivity contribution in [1.82, 2.24) is 15.0 Å². The van der Waals surface area contributed by atoms with E-state index in [-0.39, 0.29) is 12.2 Å². The van der Waals surface area contributed by atoms with Crippen molar-refractivity contribution in [3.63, 3.8) is 0 Å². The third-order valence-electron chi connectivity index (χ3n) is 4.36. The van der Waals surface area contributed by atoms with E-state index in [1.54, 1.807) is 55.5 Å².